The third kappa shape index (κ3) is 6.33. The van der Waals surface area contributed by atoms with Gasteiger partial charge in [0.1, 0.15) is 0 Å². The predicted molar refractivity (Wildman–Crippen MR) is 70.9 cm³/mol. The summed E-state index contributed by atoms with van der Waals surface area (Å²) in [5.74, 6) is 0.692. The maximum atomic E-state index is 3.86. The van der Waals surface area contributed by atoms with Gasteiger partial charge in [-0.25, -0.2) is 0 Å². The minimum Gasteiger partial charge on any atom is -0.0988 e. The Kier molecular flexibility index (Phi) is 5.64. The largest absolute Gasteiger partial charge is 0.0988 e. The molecule has 0 amide bonds. The fourth-order valence-corrected chi connectivity index (χ4v) is 1.17. The van der Waals surface area contributed by atoms with Crippen LogP contribution in [0.4, 0.5) is 0 Å². The average Bonchev–Trinajstić information content (AvgIpc) is 2.09. The van der Waals surface area contributed by atoms with Crippen LogP contribution in [0, 0.1) is 11.3 Å². The van der Waals surface area contributed by atoms with Gasteiger partial charge in [0.25, 0.3) is 0 Å². The van der Waals surface area contributed by atoms with E-state index >= 15 is 0 Å². The van der Waals surface area contributed by atoms with Gasteiger partial charge < -0.3 is 0 Å². The first-order chi connectivity index (χ1) is 6.77. The molecule has 0 radical (unpaired) electrons. The molecule has 86 valence electrons. The molecule has 0 fully saturated rings. The Labute approximate surface area is 95.8 Å². The molecule has 0 nitrogen and oxygen atoms in total. The quantitative estimate of drug-likeness (QED) is 0.559. The SMILES string of the molecule is C=C/C(=C\C=C(/C)C(C)(C)C)CC(C)C. The lowest BCUT2D eigenvalue weighted by molar-refractivity contribution is 0.504. The minimum absolute atomic E-state index is 0.264. The van der Waals surface area contributed by atoms with Crippen molar-refractivity contribution in [2.75, 3.05) is 0 Å². The van der Waals surface area contributed by atoms with Crippen LogP contribution < -0.4 is 0 Å². The first-order valence-electron chi connectivity index (χ1n) is 5.77. The normalized spacial score (nSPS) is 14.6. The third-order valence-corrected chi connectivity index (χ3v) is 2.64. The fraction of sp³-hybridized carbons (Fsp3) is 0.600. The van der Waals surface area contributed by atoms with E-state index in [1.165, 1.54) is 11.1 Å². The van der Waals surface area contributed by atoms with Crippen LogP contribution in [0.2, 0.25) is 0 Å². The smallest absolute Gasteiger partial charge is 0.0173 e. The van der Waals surface area contributed by atoms with Crippen LogP contribution in [0.1, 0.15) is 48.0 Å². The molecular weight excluding hydrogens is 180 g/mol. The lowest BCUT2D eigenvalue weighted by atomic mass is 9.87. The summed E-state index contributed by atoms with van der Waals surface area (Å²) in [6.45, 7) is 17.2. The van der Waals surface area contributed by atoms with E-state index in [9.17, 15) is 0 Å². The first kappa shape index (κ1) is 14.2. The monoisotopic (exact) mass is 206 g/mol. The van der Waals surface area contributed by atoms with Crippen LogP contribution in [0.5, 0.6) is 0 Å². The van der Waals surface area contributed by atoms with Gasteiger partial charge in [0.15, 0.2) is 0 Å². The first-order valence-corrected chi connectivity index (χ1v) is 5.77. The fourth-order valence-electron chi connectivity index (χ4n) is 1.17. The maximum absolute atomic E-state index is 3.86. The average molecular weight is 206 g/mol. The van der Waals surface area contributed by atoms with E-state index in [1.807, 2.05) is 6.08 Å². The van der Waals surface area contributed by atoms with E-state index < -0.39 is 0 Å². The van der Waals surface area contributed by atoms with Gasteiger partial charge in [-0.05, 0) is 30.3 Å². The van der Waals surface area contributed by atoms with E-state index in [0.29, 0.717) is 5.92 Å². The van der Waals surface area contributed by atoms with Gasteiger partial charge in [0.05, 0.1) is 0 Å². The van der Waals surface area contributed by atoms with Gasteiger partial charge >= 0.3 is 0 Å². The molecule has 0 spiro atoms. The van der Waals surface area contributed by atoms with E-state index in [1.54, 1.807) is 0 Å². The van der Waals surface area contributed by atoms with Gasteiger partial charge in [0.2, 0.25) is 0 Å². The molecule has 0 aliphatic heterocycles. The zero-order chi connectivity index (χ0) is 12.1. The summed E-state index contributed by atoms with van der Waals surface area (Å²) < 4.78 is 0. The number of allylic oxidation sites excluding steroid dienone is 5. The molecule has 0 saturated heterocycles. The summed E-state index contributed by atoms with van der Waals surface area (Å²) >= 11 is 0. The lowest BCUT2D eigenvalue weighted by Crippen LogP contribution is -2.05. The summed E-state index contributed by atoms with van der Waals surface area (Å²) in [4.78, 5) is 0. The summed E-state index contributed by atoms with van der Waals surface area (Å²) in [6.07, 6.45) is 7.50. The van der Waals surface area contributed by atoms with Gasteiger partial charge in [-0.2, -0.15) is 0 Å². The summed E-state index contributed by atoms with van der Waals surface area (Å²) in [6, 6.07) is 0. The van der Waals surface area contributed by atoms with Crippen molar-refractivity contribution in [2.24, 2.45) is 11.3 Å². The predicted octanol–water partition coefficient (Wildman–Crippen LogP) is 5.14. The van der Waals surface area contributed by atoms with Gasteiger partial charge in [-0.1, -0.05) is 65.0 Å². The molecule has 0 heterocycles. The van der Waals surface area contributed by atoms with Crippen LogP contribution in [0.15, 0.2) is 36.0 Å². The van der Waals surface area contributed by atoms with Gasteiger partial charge in [-0.15, -0.1) is 0 Å². The molecule has 0 aliphatic carbocycles. The van der Waals surface area contributed by atoms with Crippen LogP contribution in [-0.2, 0) is 0 Å². The number of hydrogen-bond donors (Lipinski definition) is 0. The van der Waals surface area contributed by atoms with E-state index in [-0.39, 0.29) is 5.41 Å². The molecular formula is C15H26. The Balaban J connectivity index is 4.66. The molecule has 0 saturated carbocycles. The summed E-state index contributed by atoms with van der Waals surface area (Å²) in [5, 5.41) is 0. The van der Waals surface area contributed by atoms with Crippen molar-refractivity contribution in [1.29, 1.82) is 0 Å². The van der Waals surface area contributed by atoms with Crippen molar-refractivity contribution in [1.82, 2.24) is 0 Å². The van der Waals surface area contributed by atoms with Crippen molar-refractivity contribution in [3.05, 3.63) is 36.0 Å². The minimum atomic E-state index is 0.264. The van der Waals surface area contributed by atoms with Crippen molar-refractivity contribution < 1.29 is 0 Å². The highest BCUT2D eigenvalue weighted by Crippen LogP contribution is 2.24. The second-order valence-electron chi connectivity index (χ2n) is 5.64. The Morgan fingerprint density at radius 1 is 1.20 bits per heavy atom. The van der Waals surface area contributed by atoms with Crippen LogP contribution in [-0.4, -0.2) is 0 Å². The Morgan fingerprint density at radius 3 is 2.07 bits per heavy atom. The summed E-state index contributed by atoms with van der Waals surface area (Å²) in [7, 11) is 0. The second-order valence-corrected chi connectivity index (χ2v) is 5.64. The zero-order valence-corrected chi connectivity index (χ0v) is 11.2. The molecule has 0 aliphatic rings. The molecule has 0 bridgehead atoms. The second kappa shape index (κ2) is 5.95. The highest BCUT2D eigenvalue weighted by molar-refractivity contribution is 5.26. The van der Waals surface area contributed by atoms with Gasteiger partial charge in [0, 0.05) is 0 Å². The van der Waals surface area contributed by atoms with Crippen LogP contribution in [0.3, 0.4) is 0 Å². The topological polar surface area (TPSA) is 0 Å². The molecule has 0 heteroatoms. The third-order valence-electron chi connectivity index (χ3n) is 2.64. The van der Waals surface area contributed by atoms with E-state index in [2.05, 4.69) is 60.3 Å². The number of rotatable bonds is 4. The molecule has 0 N–H and O–H groups in total. The van der Waals surface area contributed by atoms with Gasteiger partial charge in [-0.3, -0.25) is 0 Å². The molecule has 0 aromatic heterocycles. The van der Waals surface area contributed by atoms with Crippen LogP contribution in [0.25, 0.3) is 0 Å². The Morgan fingerprint density at radius 2 is 1.73 bits per heavy atom. The molecule has 0 atom stereocenters. The highest BCUT2D eigenvalue weighted by Gasteiger charge is 2.11. The molecule has 0 unspecified atom stereocenters. The Bertz CT molecular complexity index is 256. The maximum Gasteiger partial charge on any atom is -0.0173 e. The number of hydrogen-bond acceptors (Lipinski definition) is 0. The highest BCUT2D eigenvalue weighted by atomic mass is 14.2. The molecule has 0 rings (SSSR count). The van der Waals surface area contributed by atoms with Crippen molar-refractivity contribution in [3.8, 4) is 0 Å². The molecule has 0 aromatic carbocycles. The zero-order valence-electron chi connectivity index (χ0n) is 11.2. The summed E-state index contributed by atoms with van der Waals surface area (Å²) in [5.41, 5.74) is 3.00. The van der Waals surface area contributed by atoms with Crippen molar-refractivity contribution >= 4 is 0 Å². The van der Waals surface area contributed by atoms with Crippen LogP contribution >= 0.6 is 0 Å². The molecule has 15 heavy (non-hydrogen) atoms. The Hall–Kier alpha value is -0.780. The standard InChI is InChI=1S/C15H26/c1-8-14(11-12(2)3)10-9-13(4)15(5,6)7/h8-10,12H,1,11H2,2-7H3/b13-9+,14-10+. The van der Waals surface area contributed by atoms with E-state index in [4.69, 9.17) is 0 Å². The van der Waals surface area contributed by atoms with E-state index in [0.717, 1.165) is 6.42 Å². The van der Waals surface area contributed by atoms with Crippen molar-refractivity contribution in [3.63, 3.8) is 0 Å². The lowest BCUT2D eigenvalue weighted by Gasteiger charge is -2.19. The molecule has 0 aromatic rings. The van der Waals surface area contributed by atoms with Crippen molar-refractivity contribution in [2.45, 2.75) is 48.0 Å².